The van der Waals surface area contributed by atoms with E-state index in [-0.39, 0.29) is 17.7 Å². The third-order valence-corrected chi connectivity index (χ3v) is 4.05. The van der Waals surface area contributed by atoms with Crippen molar-refractivity contribution < 1.29 is 9.59 Å². The van der Waals surface area contributed by atoms with E-state index < -0.39 is 23.1 Å². The van der Waals surface area contributed by atoms with E-state index in [1.54, 1.807) is 24.3 Å². The second kappa shape index (κ2) is 7.12. The molecule has 0 fully saturated rings. The first kappa shape index (κ1) is 17.9. The molecule has 8 heteroatoms. The number of rotatable bonds is 5. The average molecular weight is 364 g/mol. The molecule has 0 saturated carbocycles. The summed E-state index contributed by atoms with van der Waals surface area (Å²) in [6, 6.07) is 14.8. The molecule has 4 N–H and O–H groups in total. The second-order valence-corrected chi connectivity index (χ2v) is 5.85. The van der Waals surface area contributed by atoms with E-state index in [1.807, 2.05) is 6.07 Å². The molecular formula is C19H16N4O4. The smallest absolute Gasteiger partial charge is 0.335 e. The number of benzene rings is 2. The Bertz CT molecular complexity index is 1130. The Hall–Kier alpha value is -3.94. The fraction of sp³-hybridized carbons (Fsp3) is 0.0526. The monoisotopic (exact) mass is 364 g/mol. The highest BCUT2D eigenvalue weighted by atomic mass is 16.2. The van der Waals surface area contributed by atoms with Gasteiger partial charge in [0.05, 0.1) is 12.2 Å². The molecule has 0 saturated heterocycles. The predicted molar refractivity (Wildman–Crippen MR) is 98.9 cm³/mol. The van der Waals surface area contributed by atoms with Crippen LogP contribution in [0.4, 0.5) is 0 Å². The first-order valence-corrected chi connectivity index (χ1v) is 7.99. The van der Waals surface area contributed by atoms with Gasteiger partial charge in [0.25, 0.3) is 11.5 Å². The molecule has 3 rings (SSSR count). The van der Waals surface area contributed by atoms with E-state index >= 15 is 0 Å². The fourth-order valence-electron chi connectivity index (χ4n) is 2.65. The number of nitrogens with two attached hydrogens (primary N) is 2. The van der Waals surface area contributed by atoms with Crippen molar-refractivity contribution in [3.63, 3.8) is 0 Å². The van der Waals surface area contributed by atoms with Crippen molar-refractivity contribution >= 4 is 11.8 Å². The number of carbonyl (C=O) groups is 2. The molecule has 0 aliphatic heterocycles. The van der Waals surface area contributed by atoms with Crippen LogP contribution in [0, 0.1) is 0 Å². The van der Waals surface area contributed by atoms with Gasteiger partial charge in [0, 0.05) is 11.8 Å². The lowest BCUT2D eigenvalue weighted by Gasteiger charge is -2.12. The molecule has 1 aromatic heterocycles. The molecule has 1 heterocycles. The minimum atomic E-state index is -0.940. The van der Waals surface area contributed by atoms with E-state index in [0.29, 0.717) is 11.3 Å². The van der Waals surface area contributed by atoms with Crippen molar-refractivity contribution in [1.82, 2.24) is 9.13 Å². The van der Waals surface area contributed by atoms with Crippen LogP contribution in [-0.4, -0.2) is 20.9 Å². The summed E-state index contributed by atoms with van der Waals surface area (Å²) in [6.07, 6.45) is 1.10. The standard InChI is InChI=1S/C19H16N4O4/c20-16(24)13-6-8-14(9-7-13)22-11-15(17(21)25)18(26)23(19(22)27)10-12-4-2-1-3-5-12/h1-9,11H,10H2,(H2,20,24)(H2,21,25). The van der Waals surface area contributed by atoms with Crippen LogP contribution >= 0.6 is 0 Å². The van der Waals surface area contributed by atoms with E-state index in [2.05, 4.69) is 0 Å². The van der Waals surface area contributed by atoms with Gasteiger partial charge in [-0.3, -0.25) is 23.5 Å². The van der Waals surface area contributed by atoms with Gasteiger partial charge in [-0.1, -0.05) is 30.3 Å². The number of aromatic nitrogens is 2. The predicted octanol–water partition coefficient (Wildman–Crippen LogP) is 0.245. The van der Waals surface area contributed by atoms with Gasteiger partial charge in [-0.2, -0.15) is 0 Å². The highest BCUT2D eigenvalue weighted by Crippen LogP contribution is 2.08. The Morgan fingerprint density at radius 3 is 2.04 bits per heavy atom. The molecule has 3 aromatic rings. The number of nitrogens with zero attached hydrogens (tertiary/aromatic N) is 2. The maximum absolute atomic E-state index is 12.9. The van der Waals surface area contributed by atoms with Crippen LogP contribution in [0.1, 0.15) is 26.3 Å². The SMILES string of the molecule is NC(=O)c1ccc(-n2cc(C(N)=O)c(=O)n(Cc3ccccc3)c2=O)cc1. The van der Waals surface area contributed by atoms with Crippen molar-refractivity contribution in [2.45, 2.75) is 6.54 Å². The summed E-state index contributed by atoms with van der Waals surface area (Å²) < 4.78 is 2.08. The summed E-state index contributed by atoms with van der Waals surface area (Å²) in [5, 5.41) is 0. The number of primary amides is 2. The summed E-state index contributed by atoms with van der Waals surface area (Å²) in [6.45, 7) is -0.0149. The molecule has 136 valence electrons. The lowest BCUT2D eigenvalue weighted by atomic mass is 10.2. The average Bonchev–Trinajstić information content (AvgIpc) is 2.66. The van der Waals surface area contributed by atoms with Crippen molar-refractivity contribution in [2.75, 3.05) is 0 Å². The molecule has 0 aliphatic carbocycles. The number of amides is 2. The molecule has 2 amide bonds. The molecule has 2 aromatic carbocycles. The Morgan fingerprint density at radius 1 is 0.852 bits per heavy atom. The molecule has 0 bridgehead atoms. The fourth-order valence-corrected chi connectivity index (χ4v) is 2.65. The number of carbonyl (C=O) groups excluding carboxylic acids is 2. The van der Waals surface area contributed by atoms with E-state index in [0.717, 1.165) is 15.3 Å². The van der Waals surface area contributed by atoms with Gasteiger partial charge in [0.15, 0.2) is 0 Å². The second-order valence-electron chi connectivity index (χ2n) is 5.85. The topological polar surface area (TPSA) is 130 Å². The summed E-state index contributed by atoms with van der Waals surface area (Å²) in [7, 11) is 0. The third-order valence-electron chi connectivity index (χ3n) is 4.05. The minimum Gasteiger partial charge on any atom is -0.366 e. The van der Waals surface area contributed by atoms with Crippen molar-refractivity contribution in [3.8, 4) is 5.69 Å². The molecule has 0 unspecified atom stereocenters. The summed E-state index contributed by atoms with van der Waals surface area (Å²) in [4.78, 5) is 48.3. The van der Waals surface area contributed by atoms with Crippen LogP contribution < -0.4 is 22.7 Å². The first-order valence-electron chi connectivity index (χ1n) is 7.99. The van der Waals surface area contributed by atoms with Gasteiger partial charge in [0.2, 0.25) is 5.91 Å². The lowest BCUT2D eigenvalue weighted by molar-refractivity contribution is 0.0990. The Balaban J connectivity index is 2.19. The maximum Gasteiger partial charge on any atom is 0.335 e. The zero-order valence-corrected chi connectivity index (χ0v) is 14.2. The highest BCUT2D eigenvalue weighted by Gasteiger charge is 2.16. The van der Waals surface area contributed by atoms with Crippen LogP contribution in [0.25, 0.3) is 5.69 Å². The van der Waals surface area contributed by atoms with E-state index in [4.69, 9.17) is 11.5 Å². The third kappa shape index (κ3) is 3.54. The van der Waals surface area contributed by atoms with Crippen molar-refractivity contribution in [2.24, 2.45) is 11.5 Å². The zero-order chi connectivity index (χ0) is 19.6. The summed E-state index contributed by atoms with van der Waals surface area (Å²) in [5.74, 6) is -1.55. The Kier molecular flexibility index (Phi) is 4.71. The van der Waals surface area contributed by atoms with E-state index in [1.165, 1.54) is 24.3 Å². The van der Waals surface area contributed by atoms with Crippen LogP contribution in [0.2, 0.25) is 0 Å². The Labute approximate surface area is 153 Å². The highest BCUT2D eigenvalue weighted by molar-refractivity contribution is 5.93. The minimum absolute atomic E-state index is 0.0149. The van der Waals surface area contributed by atoms with Gasteiger partial charge < -0.3 is 11.5 Å². The zero-order valence-electron chi connectivity index (χ0n) is 14.2. The molecule has 0 aliphatic rings. The summed E-state index contributed by atoms with van der Waals surface area (Å²) in [5.41, 5.74) is 10.1. The molecule has 0 radical (unpaired) electrons. The van der Waals surface area contributed by atoms with Gasteiger partial charge in [-0.05, 0) is 29.8 Å². The molecule has 0 spiro atoms. The molecule has 0 atom stereocenters. The molecule has 27 heavy (non-hydrogen) atoms. The van der Waals surface area contributed by atoms with Crippen molar-refractivity contribution in [1.29, 1.82) is 0 Å². The Morgan fingerprint density at radius 2 is 1.48 bits per heavy atom. The molecular weight excluding hydrogens is 348 g/mol. The maximum atomic E-state index is 12.9. The first-order chi connectivity index (χ1) is 12.9. The van der Waals surface area contributed by atoms with Gasteiger partial charge in [-0.25, -0.2) is 4.79 Å². The molecule has 8 nitrogen and oxygen atoms in total. The van der Waals surface area contributed by atoms with Crippen molar-refractivity contribution in [3.05, 3.63) is 98.3 Å². The van der Waals surface area contributed by atoms with Gasteiger partial charge in [0.1, 0.15) is 5.56 Å². The van der Waals surface area contributed by atoms with Crippen LogP contribution in [0.15, 0.2) is 70.4 Å². The van der Waals surface area contributed by atoms with Crippen LogP contribution in [0.3, 0.4) is 0 Å². The normalized spacial score (nSPS) is 10.5. The van der Waals surface area contributed by atoms with Gasteiger partial charge in [-0.15, -0.1) is 0 Å². The quantitative estimate of drug-likeness (QED) is 0.672. The van der Waals surface area contributed by atoms with Crippen LogP contribution in [0.5, 0.6) is 0 Å². The lowest BCUT2D eigenvalue weighted by Crippen LogP contribution is -2.43. The van der Waals surface area contributed by atoms with E-state index in [9.17, 15) is 19.2 Å². The largest absolute Gasteiger partial charge is 0.366 e. The summed E-state index contributed by atoms with van der Waals surface area (Å²) >= 11 is 0. The number of hydrogen-bond acceptors (Lipinski definition) is 4. The van der Waals surface area contributed by atoms with Gasteiger partial charge >= 0.3 is 5.69 Å². The number of hydrogen-bond donors (Lipinski definition) is 2. The van der Waals surface area contributed by atoms with Crippen LogP contribution in [-0.2, 0) is 6.54 Å².